The van der Waals surface area contributed by atoms with Crippen LogP contribution in [0.4, 0.5) is 4.39 Å². The third-order valence-electron chi connectivity index (χ3n) is 3.88. The van der Waals surface area contributed by atoms with E-state index >= 15 is 0 Å². The van der Waals surface area contributed by atoms with Crippen LogP contribution < -0.4 is 5.32 Å². The molecule has 1 nitrogen and oxygen atoms in total. The maximum Gasteiger partial charge on any atom is 0.123 e. The molecular weight excluding hydrogens is 249 g/mol. The third-order valence-corrected chi connectivity index (χ3v) is 3.88. The molecule has 0 aromatic heterocycles. The molecule has 0 saturated carbocycles. The average Bonchev–Trinajstić information content (AvgIpc) is 2.25. The number of rotatable bonds is 4. The highest BCUT2D eigenvalue weighted by Gasteiger charge is 2.26. The lowest BCUT2D eigenvalue weighted by atomic mass is 9.76. The summed E-state index contributed by atoms with van der Waals surface area (Å²) in [5.41, 5.74) is 2.61. The predicted octanol–water partition coefficient (Wildman–Crippen LogP) is 4.73. The third kappa shape index (κ3) is 5.62. The molecule has 114 valence electrons. The quantitative estimate of drug-likeness (QED) is 0.840. The summed E-state index contributed by atoms with van der Waals surface area (Å²) in [5.74, 6) is 0.337. The monoisotopic (exact) mass is 279 g/mol. The molecule has 0 aliphatic carbocycles. The van der Waals surface area contributed by atoms with Crippen molar-refractivity contribution in [2.75, 3.05) is 6.54 Å². The lowest BCUT2D eigenvalue weighted by Crippen LogP contribution is -2.42. The first kappa shape index (κ1) is 17.2. The number of nitrogens with one attached hydrogen (secondary N) is 1. The van der Waals surface area contributed by atoms with E-state index in [1.54, 1.807) is 12.1 Å². The molecule has 0 aliphatic heterocycles. The van der Waals surface area contributed by atoms with E-state index in [0.29, 0.717) is 5.92 Å². The normalized spacial score (nSPS) is 14.4. The maximum absolute atomic E-state index is 13.5. The van der Waals surface area contributed by atoms with Crippen molar-refractivity contribution < 1.29 is 4.39 Å². The van der Waals surface area contributed by atoms with E-state index in [-0.39, 0.29) is 16.8 Å². The van der Waals surface area contributed by atoms with Crippen LogP contribution in [0.3, 0.4) is 0 Å². The minimum atomic E-state index is -0.137. The standard InChI is InChI=1S/C18H30FN/c1-13-8-9-16(19)11-14(13)10-15(17(2,3)4)12-20-18(5,6)7/h8-9,11,15,20H,10,12H2,1-7H3. The average molecular weight is 279 g/mol. The molecule has 0 saturated heterocycles. The van der Waals surface area contributed by atoms with Crippen LogP contribution in [0.15, 0.2) is 18.2 Å². The zero-order chi connectivity index (χ0) is 15.6. The van der Waals surface area contributed by atoms with Crippen molar-refractivity contribution in [3.63, 3.8) is 0 Å². The molecule has 0 bridgehead atoms. The number of halogens is 1. The van der Waals surface area contributed by atoms with Crippen LogP contribution in [0.25, 0.3) is 0 Å². The molecule has 1 unspecified atom stereocenters. The fraction of sp³-hybridized carbons (Fsp3) is 0.667. The van der Waals surface area contributed by atoms with E-state index in [4.69, 9.17) is 0 Å². The van der Waals surface area contributed by atoms with Gasteiger partial charge in [-0.15, -0.1) is 0 Å². The van der Waals surface area contributed by atoms with Gasteiger partial charge in [0.2, 0.25) is 0 Å². The molecule has 0 heterocycles. The summed E-state index contributed by atoms with van der Waals surface area (Å²) in [6, 6.07) is 5.10. The van der Waals surface area contributed by atoms with Gasteiger partial charge in [-0.1, -0.05) is 26.8 Å². The van der Waals surface area contributed by atoms with Crippen molar-refractivity contribution in [2.45, 2.75) is 60.4 Å². The summed E-state index contributed by atoms with van der Waals surface area (Å²) in [6.07, 6.45) is 0.913. The maximum atomic E-state index is 13.5. The molecule has 0 radical (unpaired) electrons. The van der Waals surface area contributed by atoms with Gasteiger partial charge in [-0.25, -0.2) is 4.39 Å². The molecule has 1 rings (SSSR count). The van der Waals surface area contributed by atoms with Crippen LogP contribution in [-0.4, -0.2) is 12.1 Å². The predicted molar refractivity (Wildman–Crippen MR) is 85.5 cm³/mol. The smallest absolute Gasteiger partial charge is 0.123 e. The Morgan fingerprint density at radius 3 is 2.20 bits per heavy atom. The minimum Gasteiger partial charge on any atom is -0.312 e. The highest BCUT2D eigenvalue weighted by Crippen LogP contribution is 2.30. The Hall–Kier alpha value is -0.890. The van der Waals surface area contributed by atoms with Gasteiger partial charge in [0.25, 0.3) is 0 Å². The second-order valence-corrected chi connectivity index (χ2v) is 7.97. The second-order valence-electron chi connectivity index (χ2n) is 7.97. The van der Waals surface area contributed by atoms with Gasteiger partial charge in [0.05, 0.1) is 0 Å². The SMILES string of the molecule is Cc1ccc(F)cc1CC(CNC(C)(C)C)C(C)(C)C. The molecule has 1 aromatic carbocycles. The van der Waals surface area contributed by atoms with E-state index in [2.05, 4.69) is 53.8 Å². The highest BCUT2D eigenvalue weighted by atomic mass is 19.1. The minimum absolute atomic E-state index is 0.112. The highest BCUT2D eigenvalue weighted by molar-refractivity contribution is 5.27. The summed E-state index contributed by atoms with van der Waals surface area (Å²) in [7, 11) is 0. The van der Waals surface area contributed by atoms with Gasteiger partial charge in [0.15, 0.2) is 0 Å². The largest absolute Gasteiger partial charge is 0.312 e. The first-order chi connectivity index (χ1) is 8.99. The summed E-state index contributed by atoms with van der Waals surface area (Å²) in [5, 5.41) is 3.59. The molecule has 0 amide bonds. The Balaban J connectivity index is 2.87. The Morgan fingerprint density at radius 2 is 1.70 bits per heavy atom. The van der Waals surface area contributed by atoms with Gasteiger partial charge >= 0.3 is 0 Å². The van der Waals surface area contributed by atoms with Crippen LogP contribution in [0.2, 0.25) is 0 Å². The molecular formula is C18H30FN. The van der Waals surface area contributed by atoms with Crippen molar-refractivity contribution in [1.82, 2.24) is 5.32 Å². The zero-order valence-corrected chi connectivity index (χ0v) is 14.1. The van der Waals surface area contributed by atoms with Crippen molar-refractivity contribution in [2.24, 2.45) is 11.3 Å². The molecule has 0 aliphatic rings. The van der Waals surface area contributed by atoms with Crippen LogP contribution in [0.5, 0.6) is 0 Å². The number of aryl methyl sites for hydroxylation is 1. The topological polar surface area (TPSA) is 12.0 Å². The van der Waals surface area contributed by atoms with Crippen molar-refractivity contribution >= 4 is 0 Å². The molecule has 1 atom stereocenters. The Kier molecular flexibility index (Phi) is 5.37. The van der Waals surface area contributed by atoms with Gasteiger partial charge in [-0.05, 0) is 75.3 Å². The number of hydrogen-bond acceptors (Lipinski definition) is 1. The van der Waals surface area contributed by atoms with Gasteiger partial charge in [0, 0.05) is 5.54 Å². The van der Waals surface area contributed by atoms with E-state index in [1.165, 1.54) is 5.56 Å². The van der Waals surface area contributed by atoms with Crippen LogP contribution in [0.1, 0.15) is 52.7 Å². The zero-order valence-electron chi connectivity index (χ0n) is 14.1. The van der Waals surface area contributed by atoms with Crippen LogP contribution in [0, 0.1) is 24.1 Å². The summed E-state index contributed by atoms with van der Waals surface area (Å²) in [4.78, 5) is 0. The molecule has 1 N–H and O–H groups in total. The van der Waals surface area contributed by atoms with E-state index in [1.807, 2.05) is 6.07 Å². The summed E-state index contributed by atoms with van der Waals surface area (Å²) in [6.45, 7) is 16.3. The van der Waals surface area contributed by atoms with Crippen LogP contribution >= 0.6 is 0 Å². The number of benzene rings is 1. The van der Waals surface area contributed by atoms with Gasteiger partial charge in [0.1, 0.15) is 5.82 Å². The fourth-order valence-corrected chi connectivity index (χ4v) is 2.24. The summed E-state index contributed by atoms with van der Waals surface area (Å²) >= 11 is 0. The van der Waals surface area contributed by atoms with Crippen molar-refractivity contribution in [1.29, 1.82) is 0 Å². The van der Waals surface area contributed by atoms with E-state index < -0.39 is 0 Å². The molecule has 0 spiro atoms. The van der Waals surface area contributed by atoms with Gasteiger partial charge in [-0.2, -0.15) is 0 Å². The number of hydrogen-bond donors (Lipinski definition) is 1. The van der Waals surface area contributed by atoms with Gasteiger partial charge in [-0.3, -0.25) is 0 Å². The first-order valence-corrected chi connectivity index (χ1v) is 7.49. The first-order valence-electron chi connectivity index (χ1n) is 7.49. The molecule has 0 fully saturated rings. The molecule has 20 heavy (non-hydrogen) atoms. The lowest BCUT2D eigenvalue weighted by Gasteiger charge is -2.34. The fourth-order valence-electron chi connectivity index (χ4n) is 2.24. The molecule has 2 heteroatoms. The van der Waals surface area contributed by atoms with Crippen molar-refractivity contribution in [3.8, 4) is 0 Å². The Morgan fingerprint density at radius 1 is 1.10 bits per heavy atom. The Labute approximate surface area is 124 Å². The second kappa shape index (κ2) is 6.26. The van der Waals surface area contributed by atoms with Crippen molar-refractivity contribution in [3.05, 3.63) is 35.1 Å². The van der Waals surface area contributed by atoms with Gasteiger partial charge < -0.3 is 5.32 Å². The van der Waals surface area contributed by atoms with E-state index in [9.17, 15) is 4.39 Å². The van der Waals surface area contributed by atoms with E-state index in [0.717, 1.165) is 18.5 Å². The summed E-state index contributed by atoms with van der Waals surface area (Å²) < 4.78 is 13.5. The molecule has 1 aromatic rings. The lowest BCUT2D eigenvalue weighted by molar-refractivity contribution is 0.213. The Bertz CT molecular complexity index is 438. The van der Waals surface area contributed by atoms with Crippen LogP contribution in [-0.2, 0) is 6.42 Å².